The third kappa shape index (κ3) is 3.30. The smallest absolute Gasteiger partial charge is 0.0547 e. The maximum absolute atomic E-state index is 6.28. The van der Waals surface area contributed by atoms with Crippen LogP contribution in [0.25, 0.3) is 0 Å². The third-order valence-electron chi connectivity index (χ3n) is 3.97. The van der Waals surface area contributed by atoms with E-state index in [9.17, 15) is 0 Å². The molecule has 0 radical (unpaired) electrons. The highest BCUT2D eigenvalue weighted by molar-refractivity contribution is 5.10. The van der Waals surface area contributed by atoms with Gasteiger partial charge in [0.05, 0.1) is 5.69 Å². The first-order valence-corrected chi connectivity index (χ1v) is 7.13. The highest BCUT2D eigenvalue weighted by Crippen LogP contribution is 2.23. The Balaban J connectivity index is 2.04. The molecule has 1 aliphatic rings. The van der Waals surface area contributed by atoms with Crippen molar-refractivity contribution in [1.82, 2.24) is 9.88 Å². The van der Waals surface area contributed by atoms with Gasteiger partial charge in [-0.25, -0.2) is 0 Å². The summed E-state index contributed by atoms with van der Waals surface area (Å²) in [6, 6.07) is 7.12. The fourth-order valence-electron chi connectivity index (χ4n) is 2.95. The van der Waals surface area contributed by atoms with Gasteiger partial charge in [0.15, 0.2) is 0 Å². The topological polar surface area (TPSA) is 42.2 Å². The van der Waals surface area contributed by atoms with Crippen LogP contribution < -0.4 is 5.73 Å². The van der Waals surface area contributed by atoms with Crippen molar-refractivity contribution in [1.29, 1.82) is 0 Å². The Morgan fingerprint density at radius 1 is 1.33 bits per heavy atom. The Morgan fingerprint density at radius 3 is 2.78 bits per heavy atom. The van der Waals surface area contributed by atoms with Crippen molar-refractivity contribution >= 4 is 0 Å². The van der Waals surface area contributed by atoms with Crippen LogP contribution in [0.2, 0.25) is 0 Å². The van der Waals surface area contributed by atoms with Gasteiger partial charge in [-0.05, 0) is 38.4 Å². The molecule has 0 spiro atoms. The lowest BCUT2D eigenvalue weighted by Crippen LogP contribution is -2.49. The Bertz CT molecular complexity index is 378. The average molecular weight is 247 g/mol. The molecule has 1 aromatic rings. The zero-order valence-corrected chi connectivity index (χ0v) is 11.6. The van der Waals surface area contributed by atoms with Gasteiger partial charge >= 0.3 is 0 Å². The largest absolute Gasteiger partial charge is 0.326 e. The molecule has 2 rings (SSSR count). The standard InChI is InChI=1S/C15H25N3/c1-3-18(15-10-5-4-9-14(15)16)11-13-8-6-7-12(2)17-13/h6-8,14-15H,3-5,9-11,16H2,1-2H3. The number of aryl methyl sites for hydroxylation is 1. The van der Waals surface area contributed by atoms with E-state index in [4.69, 9.17) is 5.73 Å². The summed E-state index contributed by atoms with van der Waals surface area (Å²) in [6.07, 6.45) is 5.01. The average Bonchev–Trinajstić information content (AvgIpc) is 2.37. The fraction of sp³-hybridized carbons (Fsp3) is 0.667. The van der Waals surface area contributed by atoms with E-state index in [0.29, 0.717) is 12.1 Å². The number of likely N-dealkylation sites (N-methyl/N-ethyl adjacent to an activating group) is 1. The maximum Gasteiger partial charge on any atom is 0.0547 e. The lowest BCUT2D eigenvalue weighted by molar-refractivity contribution is 0.135. The fourth-order valence-corrected chi connectivity index (χ4v) is 2.95. The van der Waals surface area contributed by atoms with Crippen LogP contribution in [0, 0.1) is 6.92 Å². The van der Waals surface area contributed by atoms with Crippen LogP contribution in [0.5, 0.6) is 0 Å². The van der Waals surface area contributed by atoms with E-state index in [-0.39, 0.29) is 0 Å². The van der Waals surface area contributed by atoms with Crippen LogP contribution in [-0.2, 0) is 6.54 Å². The predicted molar refractivity (Wildman–Crippen MR) is 75.3 cm³/mol. The molecule has 0 aromatic carbocycles. The summed E-state index contributed by atoms with van der Waals surface area (Å²) in [4.78, 5) is 7.09. The van der Waals surface area contributed by atoms with Gasteiger partial charge in [0, 0.05) is 24.3 Å². The van der Waals surface area contributed by atoms with Crippen molar-refractivity contribution in [2.75, 3.05) is 6.54 Å². The molecule has 3 heteroatoms. The minimum atomic E-state index is 0.337. The molecule has 1 aromatic heterocycles. The highest BCUT2D eigenvalue weighted by atomic mass is 15.2. The lowest BCUT2D eigenvalue weighted by atomic mass is 9.89. The van der Waals surface area contributed by atoms with E-state index >= 15 is 0 Å². The number of nitrogens with zero attached hydrogens (tertiary/aromatic N) is 2. The van der Waals surface area contributed by atoms with Crippen molar-refractivity contribution in [3.05, 3.63) is 29.6 Å². The summed E-state index contributed by atoms with van der Waals surface area (Å²) in [6.45, 7) is 6.24. The molecule has 1 heterocycles. The van der Waals surface area contributed by atoms with Crippen molar-refractivity contribution in [3.63, 3.8) is 0 Å². The van der Waals surface area contributed by atoms with Gasteiger partial charge in [-0.3, -0.25) is 9.88 Å². The highest BCUT2D eigenvalue weighted by Gasteiger charge is 2.26. The molecule has 0 bridgehead atoms. The molecule has 2 N–H and O–H groups in total. The van der Waals surface area contributed by atoms with Crippen molar-refractivity contribution in [3.8, 4) is 0 Å². The van der Waals surface area contributed by atoms with Crippen LogP contribution in [0.15, 0.2) is 18.2 Å². The van der Waals surface area contributed by atoms with Crippen molar-refractivity contribution in [2.45, 2.75) is 58.2 Å². The van der Waals surface area contributed by atoms with Gasteiger partial charge < -0.3 is 5.73 Å². The summed E-state index contributed by atoms with van der Waals surface area (Å²) >= 11 is 0. The number of nitrogens with two attached hydrogens (primary N) is 1. The normalized spacial score (nSPS) is 24.4. The summed E-state index contributed by atoms with van der Waals surface area (Å²) in [7, 11) is 0. The Morgan fingerprint density at radius 2 is 2.11 bits per heavy atom. The first-order chi connectivity index (χ1) is 8.70. The van der Waals surface area contributed by atoms with Crippen LogP contribution in [0.1, 0.15) is 44.0 Å². The van der Waals surface area contributed by atoms with Gasteiger partial charge in [-0.2, -0.15) is 0 Å². The molecule has 1 aliphatic carbocycles. The minimum absolute atomic E-state index is 0.337. The predicted octanol–water partition coefficient (Wildman–Crippen LogP) is 2.48. The van der Waals surface area contributed by atoms with Gasteiger partial charge in [-0.15, -0.1) is 0 Å². The third-order valence-corrected chi connectivity index (χ3v) is 3.97. The Labute approximate surface area is 110 Å². The molecule has 3 nitrogen and oxygen atoms in total. The van der Waals surface area contributed by atoms with E-state index in [2.05, 4.69) is 28.9 Å². The number of rotatable bonds is 4. The monoisotopic (exact) mass is 247 g/mol. The SMILES string of the molecule is CCN(Cc1cccc(C)n1)C1CCCCC1N. The molecule has 0 amide bonds. The molecular formula is C15H25N3. The van der Waals surface area contributed by atoms with Crippen LogP contribution in [0.4, 0.5) is 0 Å². The summed E-state index contributed by atoms with van der Waals surface area (Å²) in [5, 5.41) is 0. The van der Waals surface area contributed by atoms with Crippen molar-refractivity contribution in [2.24, 2.45) is 5.73 Å². The van der Waals surface area contributed by atoms with E-state index < -0.39 is 0 Å². The molecule has 0 aliphatic heterocycles. The Kier molecular flexibility index (Phi) is 4.72. The quantitative estimate of drug-likeness (QED) is 0.889. The first-order valence-electron chi connectivity index (χ1n) is 7.13. The molecule has 1 saturated carbocycles. The van der Waals surface area contributed by atoms with Gasteiger partial charge in [0.1, 0.15) is 0 Å². The van der Waals surface area contributed by atoms with Crippen LogP contribution >= 0.6 is 0 Å². The molecule has 1 fully saturated rings. The molecule has 18 heavy (non-hydrogen) atoms. The van der Waals surface area contributed by atoms with Crippen molar-refractivity contribution < 1.29 is 0 Å². The van der Waals surface area contributed by atoms with E-state index in [1.807, 2.05) is 13.0 Å². The molecule has 0 saturated heterocycles. The number of hydrogen-bond acceptors (Lipinski definition) is 3. The van der Waals surface area contributed by atoms with Crippen LogP contribution in [0.3, 0.4) is 0 Å². The number of hydrogen-bond donors (Lipinski definition) is 1. The van der Waals surface area contributed by atoms with E-state index in [0.717, 1.165) is 24.5 Å². The number of aromatic nitrogens is 1. The molecular weight excluding hydrogens is 222 g/mol. The van der Waals surface area contributed by atoms with Gasteiger partial charge in [-0.1, -0.05) is 25.8 Å². The second kappa shape index (κ2) is 6.30. The van der Waals surface area contributed by atoms with E-state index in [1.54, 1.807) is 0 Å². The molecule has 100 valence electrons. The number of pyridine rings is 1. The minimum Gasteiger partial charge on any atom is -0.326 e. The van der Waals surface area contributed by atoms with Gasteiger partial charge in [0.2, 0.25) is 0 Å². The zero-order chi connectivity index (χ0) is 13.0. The summed E-state index contributed by atoms with van der Waals surface area (Å²) in [5.41, 5.74) is 8.53. The summed E-state index contributed by atoms with van der Waals surface area (Å²) in [5.74, 6) is 0. The molecule has 2 unspecified atom stereocenters. The lowest BCUT2D eigenvalue weighted by Gasteiger charge is -2.37. The maximum atomic E-state index is 6.28. The Hall–Kier alpha value is -0.930. The van der Waals surface area contributed by atoms with Gasteiger partial charge in [0.25, 0.3) is 0 Å². The van der Waals surface area contributed by atoms with E-state index in [1.165, 1.54) is 25.7 Å². The van der Waals surface area contributed by atoms with Crippen LogP contribution in [-0.4, -0.2) is 28.5 Å². The molecule has 2 atom stereocenters. The first kappa shape index (κ1) is 13.5. The zero-order valence-electron chi connectivity index (χ0n) is 11.6. The second-order valence-electron chi connectivity index (χ2n) is 5.35. The summed E-state index contributed by atoms with van der Waals surface area (Å²) < 4.78 is 0. The second-order valence-corrected chi connectivity index (χ2v) is 5.35.